The maximum Gasteiger partial charge on any atom is 0.223 e. The van der Waals surface area contributed by atoms with Crippen molar-refractivity contribution in [1.82, 2.24) is 9.97 Å². The van der Waals surface area contributed by atoms with Crippen LogP contribution in [0.2, 0.25) is 0 Å². The van der Waals surface area contributed by atoms with Crippen LogP contribution in [0.15, 0.2) is 42.7 Å². The van der Waals surface area contributed by atoms with Gasteiger partial charge in [0.1, 0.15) is 0 Å². The number of rotatable bonds is 7. The topological polar surface area (TPSA) is 47.0 Å². The second-order valence-electron chi connectivity index (χ2n) is 3.92. The fourth-order valence-corrected chi connectivity index (χ4v) is 1.75. The lowest BCUT2D eigenvalue weighted by molar-refractivity contribution is 0.341. The maximum atomic E-state index is 5.49. The normalized spacial score (nSPS) is 10.2. The molecule has 1 aromatic heterocycles. The van der Waals surface area contributed by atoms with Gasteiger partial charge in [0.2, 0.25) is 5.95 Å². The van der Waals surface area contributed by atoms with E-state index in [4.69, 9.17) is 4.74 Å². The summed E-state index contributed by atoms with van der Waals surface area (Å²) in [5.41, 5.74) is 1.20. The van der Waals surface area contributed by atoms with E-state index in [1.165, 1.54) is 5.56 Å². The van der Waals surface area contributed by atoms with Gasteiger partial charge in [-0.3, -0.25) is 0 Å². The Kier molecular flexibility index (Phi) is 5.49. The third kappa shape index (κ3) is 4.79. The molecule has 0 saturated carbocycles. The number of nitrogens with zero attached hydrogens (tertiary/aromatic N) is 2. The van der Waals surface area contributed by atoms with Crippen LogP contribution in [0.3, 0.4) is 0 Å². The van der Waals surface area contributed by atoms with Crippen LogP contribution in [0.5, 0.6) is 5.75 Å². The first-order chi connectivity index (χ1) is 9.38. The van der Waals surface area contributed by atoms with Gasteiger partial charge < -0.3 is 10.1 Å². The van der Waals surface area contributed by atoms with Crippen LogP contribution in [0.4, 0.5) is 5.95 Å². The largest absolute Gasteiger partial charge is 0.489 e. The summed E-state index contributed by atoms with van der Waals surface area (Å²) in [7, 11) is 0. The number of ether oxygens (including phenoxy) is 1. The summed E-state index contributed by atoms with van der Waals surface area (Å²) in [6, 6.07) is 10.2. The van der Waals surface area contributed by atoms with E-state index in [1.54, 1.807) is 24.2 Å². The Bertz CT molecular complexity index is 476. The summed E-state index contributed by atoms with van der Waals surface area (Å²) in [6.07, 6.45) is 5.44. The zero-order valence-electron chi connectivity index (χ0n) is 10.9. The van der Waals surface area contributed by atoms with Crippen molar-refractivity contribution >= 4 is 17.7 Å². The molecule has 0 aliphatic carbocycles. The molecule has 0 spiro atoms. The molecule has 1 aromatic carbocycles. The van der Waals surface area contributed by atoms with Gasteiger partial charge in [-0.05, 0) is 11.8 Å². The lowest BCUT2D eigenvalue weighted by Crippen LogP contribution is -2.05. The summed E-state index contributed by atoms with van der Waals surface area (Å²) >= 11 is 1.75. The Labute approximate surface area is 117 Å². The molecule has 0 aliphatic heterocycles. The third-order valence-corrected chi connectivity index (χ3v) is 3.05. The smallest absolute Gasteiger partial charge is 0.223 e. The second-order valence-corrected chi connectivity index (χ2v) is 4.91. The molecule has 0 bridgehead atoms. The summed E-state index contributed by atoms with van der Waals surface area (Å²) in [5, 5.41) is 3.17. The molecule has 2 aromatic rings. The van der Waals surface area contributed by atoms with Crippen LogP contribution < -0.4 is 10.1 Å². The molecule has 1 N–H and O–H groups in total. The fourth-order valence-electron chi connectivity index (χ4n) is 1.50. The fraction of sp³-hybridized carbons (Fsp3) is 0.286. The van der Waals surface area contributed by atoms with Crippen molar-refractivity contribution in [2.75, 3.05) is 23.9 Å². The van der Waals surface area contributed by atoms with Crippen LogP contribution in [-0.2, 0) is 6.54 Å². The van der Waals surface area contributed by atoms with Gasteiger partial charge in [-0.1, -0.05) is 30.3 Å². The lowest BCUT2D eigenvalue weighted by Gasteiger charge is -2.06. The van der Waals surface area contributed by atoms with E-state index < -0.39 is 0 Å². The highest BCUT2D eigenvalue weighted by atomic mass is 32.2. The molecule has 0 saturated heterocycles. The number of nitrogens with one attached hydrogen (secondary N) is 1. The molecule has 0 fully saturated rings. The standard InChI is InChI=1S/C14H17N3OS/c1-19-8-7-18-13-10-16-14(17-11-13)15-9-12-5-3-2-4-6-12/h2-6,10-11H,7-9H2,1H3,(H,15,16,17). The highest BCUT2D eigenvalue weighted by molar-refractivity contribution is 7.98. The molecular formula is C14H17N3OS. The number of hydrogen-bond donors (Lipinski definition) is 1. The minimum absolute atomic E-state index is 0.612. The Balaban J connectivity index is 1.81. The highest BCUT2D eigenvalue weighted by Crippen LogP contribution is 2.10. The molecular weight excluding hydrogens is 258 g/mol. The van der Waals surface area contributed by atoms with Crippen LogP contribution in [0.1, 0.15) is 5.56 Å². The Morgan fingerprint density at radius 3 is 2.58 bits per heavy atom. The lowest BCUT2D eigenvalue weighted by atomic mass is 10.2. The van der Waals surface area contributed by atoms with Gasteiger partial charge in [0, 0.05) is 12.3 Å². The quantitative estimate of drug-likeness (QED) is 0.787. The SMILES string of the molecule is CSCCOc1cnc(NCc2ccccc2)nc1. The van der Waals surface area contributed by atoms with Crippen molar-refractivity contribution in [2.24, 2.45) is 0 Å². The molecule has 0 radical (unpaired) electrons. The van der Waals surface area contributed by atoms with Gasteiger partial charge in [0.25, 0.3) is 0 Å². The minimum Gasteiger partial charge on any atom is -0.489 e. The Morgan fingerprint density at radius 1 is 1.16 bits per heavy atom. The molecule has 0 amide bonds. The minimum atomic E-state index is 0.612. The van der Waals surface area contributed by atoms with Crippen molar-refractivity contribution < 1.29 is 4.74 Å². The van der Waals surface area contributed by atoms with E-state index in [-0.39, 0.29) is 0 Å². The van der Waals surface area contributed by atoms with Crippen LogP contribution in [0.25, 0.3) is 0 Å². The van der Waals surface area contributed by atoms with Crippen molar-refractivity contribution in [1.29, 1.82) is 0 Å². The molecule has 0 aliphatic rings. The molecule has 5 heteroatoms. The van der Waals surface area contributed by atoms with E-state index in [0.29, 0.717) is 24.8 Å². The average molecular weight is 275 g/mol. The number of benzene rings is 1. The van der Waals surface area contributed by atoms with E-state index in [9.17, 15) is 0 Å². The second kappa shape index (κ2) is 7.63. The molecule has 19 heavy (non-hydrogen) atoms. The van der Waals surface area contributed by atoms with Gasteiger partial charge in [0.05, 0.1) is 19.0 Å². The van der Waals surface area contributed by atoms with Crippen LogP contribution in [0, 0.1) is 0 Å². The number of thioether (sulfide) groups is 1. The van der Waals surface area contributed by atoms with Gasteiger partial charge in [-0.2, -0.15) is 11.8 Å². The summed E-state index contributed by atoms with van der Waals surface area (Å²) < 4.78 is 5.49. The number of anilines is 1. The molecule has 1 heterocycles. The van der Waals surface area contributed by atoms with Gasteiger partial charge >= 0.3 is 0 Å². The summed E-state index contributed by atoms with van der Waals surface area (Å²) in [6.45, 7) is 1.40. The molecule has 0 atom stereocenters. The first kappa shape index (κ1) is 13.7. The van der Waals surface area contributed by atoms with Gasteiger partial charge in [0.15, 0.2) is 5.75 Å². The van der Waals surface area contributed by atoms with Crippen molar-refractivity contribution in [3.8, 4) is 5.75 Å². The predicted octanol–water partition coefficient (Wildman–Crippen LogP) is 2.83. The van der Waals surface area contributed by atoms with Crippen molar-refractivity contribution in [3.63, 3.8) is 0 Å². The van der Waals surface area contributed by atoms with E-state index in [1.807, 2.05) is 18.2 Å². The average Bonchev–Trinajstić information content (AvgIpc) is 2.48. The summed E-state index contributed by atoms with van der Waals surface area (Å²) in [5.74, 6) is 2.29. The Hall–Kier alpha value is -1.75. The zero-order valence-corrected chi connectivity index (χ0v) is 11.7. The Morgan fingerprint density at radius 2 is 1.89 bits per heavy atom. The van der Waals surface area contributed by atoms with E-state index >= 15 is 0 Å². The predicted molar refractivity (Wildman–Crippen MR) is 79.7 cm³/mol. The first-order valence-electron chi connectivity index (χ1n) is 6.10. The number of hydrogen-bond acceptors (Lipinski definition) is 5. The van der Waals surface area contributed by atoms with Crippen molar-refractivity contribution in [3.05, 3.63) is 48.3 Å². The molecule has 4 nitrogen and oxygen atoms in total. The molecule has 0 unspecified atom stereocenters. The van der Waals surface area contributed by atoms with Gasteiger partial charge in [-0.15, -0.1) is 0 Å². The van der Waals surface area contributed by atoms with E-state index in [2.05, 4.69) is 33.7 Å². The highest BCUT2D eigenvalue weighted by Gasteiger charge is 1.98. The van der Waals surface area contributed by atoms with Crippen LogP contribution >= 0.6 is 11.8 Å². The molecule has 100 valence electrons. The van der Waals surface area contributed by atoms with Crippen molar-refractivity contribution in [2.45, 2.75) is 6.54 Å². The van der Waals surface area contributed by atoms with Crippen LogP contribution in [-0.4, -0.2) is 28.6 Å². The molecule has 2 rings (SSSR count). The first-order valence-corrected chi connectivity index (χ1v) is 7.49. The third-order valence-electron chi connectivity index (χ3n) is 2.48. The maximum absolute atomic E-state index is 5.49. The van der Waals surface area contributed by atoms with Gasteiger partial charge in [-0.25, -0.2) is 9.97 Å². The number of aromatic nitrogens is 2. The summed E-state index contributed by atoms with van der Waals surface area (Å²) in [4.78, 5) is 8.44. The monoisotopic (exact) mass is 275 g/mol. The van der Waals surface area contributed by atoms with E-state index in [0.717, 1.165) is 5.75 Å². The zero-order chi connectivity index (χ0) is 13.3.